The highest BCUT2D eigenvalue weighted by Crippen LogP contribution is 2.36. The molecule has 1 aliphatic rings. The Morgan fingerprint density at radius 3 is 2.90 bits per heavy atom. The Labute approximate surface area is 125 Å². The molecule has 0 saturated carbocycles. The molecule has 0 spiro atoms. The molecule has 3 nitrogen and oxygen atoms in total. The number of carbonyl (C=O) groups is 1. The maximum absolute atomic E-state index is 13.2. The van der Waals surface area contributed by atoms with E-state index >= 15 is 0 Å². The summed E-state index contributed by atoms with van der Waals surface area (Å²) in [5, 5.41) is 9.54. The standard InChI is InChI=1S/C17H24FNO2/c1-3-7-17(16(20)21)8-9-19(12-17)13(2)10-14-5-4-6-15(18)11-14/h4-6,11,13H,3,7-10,12H2,1-2H3,(H,20,21). The maximum Gasteiger partial charge on any atom is 0.310 e. The number of carboxylic acids is 1. The summed E-state index contributed by atoms with van der Waals surface area (Å²) < 4.78 is 13.2. The molecule has 2 atom stereocenters. The Morgan fingerprint density at radius 2 is 2.29 bits per heavy atom. The fourth-order valence-corrected chi connectivity index (χ4v) is 3.38. The Bertz CT molecular complexity index is 505. The van der Waals surface area contributed by atoms with Gasteiger partial charge in [-0.1, -0.05) is 25.5 Å². The van der Waals surface area contributed by atoms with Gasteiger partial charge in [0.2, 0.25) is 0 Å². The van der Waals surface area contributed by atoms with E-state index in [1.807, 2.05) is 13.0 Å². The Kier molecular flexibility index (Phi) is 4.99. The third-order valence-electron chi connectivity index (χ3n) is 4.61. The molecule has 0 radical (unpaired) electrons. The summed E-state index contributed by atoms with van der Waals surface area (Å²) >= 11 is 0. The minimum absolute atomic E-state index is 0.216. The van der Waals surface area contributed by atoms with Crippen LogP contribution in [-0.4, -0.2) is 35.1 Å². The Morgan fingerprint density at radius 1 is 1.52 bits per heavy atom. The van der Waals surface area contributed by atoms with Gasteiger partial charge in [0.15, 0.2) is 0 Å². The number of benzene rings is 1. The molecule has 1 aromatic carbocycles. The lowest BCUT2D eigenvalue weighted by Crippen LogP contribution is -2.38. The van der Waals surface area contributed by atoms with Crippen LogP contribution >= 0.6 is 0 Å². The number of hydrogen-bond acceptors (Lipinski definition) is 2. The second-order valence-electron chi connectivity index (χ2n) is 6.24. The molecule has 1 N–H and O–H groups in total. The molecule has 1 aromatic rings. The van der Waals surface area contributed by atoms with Crippen molar-refractivity contribution in [2.75, 3.05) is 13.1 Å². The monoisotopic (exact) mass is 293 g/mol. The van der Waals surface area contributed by atoms with Crippen molar-refractivity contribution in [3.8, 4) is 0 Å². The van der Waals surface area contributed by atoms with Gasteiger partial charge in [0.1, 0.15) is 5.82 Å². The minimum atomic E-state index is -0.676. The summed E-state index contributed by atoms with van der Waals surface area (Å²) in [7, 11) is 0. The van der Waals surface area contributed by atoms with E-state index in [0.717, 1.165) is 31.4 Å². The number of halogens is 1. The number of rotatable bonds is 6. The van der Waals surface area contributed by atoms with Crippen LogP contribution in [0.3, 0.4) is 0 Å². The summed E-state index contributed by atoms with van der Waals surface area (Å²) in [5.74, 6) is -0.892. The normalized spacial score (nSPS) is 24.1. The number of nitrogens with zero attached hydrogens (tertiary/aromatic N) is 1. The molecule has 2 rings (SSSR count). The average Bonchev–Trinajstić information content (AvgIpc) is 2.85. The van der Waals surface area contributed by atoms with Crippen molar-refractivity contribution in [2.45, 2.75) is 45.6 Å². The maximum atomic E-state index is 13.2. The molecule has 1 aliphatic heterocycles. The van der Waals surface area contributed by atoms with Crippen molar-refractivity contribution in [1.82, 2.24) is 4.90 Å². The molecule has 0 aliphatic carbocycles. The van der Waals surface area contributed by atoms with Crippen LogP contribution in [-0.2, 0) is 11.2 Å². The van der Waals surface area contributed by atoms with E-state index < -0.39 is 11.4 Å². The van der Waals surface area contributed by atoms with Gasteiger partial charge in [0.05, 0.1) is 5.41 Å². The van der Waals surface area contributed by atoms with Crippen molar-refractivity contribution in [2.24, 2.45) is 5.41 Å². The van der Waals surface area contributed by atoms with Crippen LogP contribution in [0.4, 0.5) is 4.39 Å². The van der Waals surface area contributed by atoms with Gasteiger partial charge in [0.25, 0.3) is 0 Å². The first-order valence-corrected chi connectivity index (χ1v) is 7.69. The fraction of sp³-hybridized carbons (Fsp3) is 0.588. The summed E-state index contributed by atoms with van der Waals surface area (Å²) in [6, 6.07) is 6.88. The fourth-order valence-electron chi connectivity index (χ4n) is 3.38. The molecule has 4 heteroatoms. The third kappa shape index (κ3) is 3.62. The zero-order valence-electron chi connectivity index (χ0n) is 12.8. The van der Waals surface area contributed by atoms with Crippen LogP contribution < -0.4 is 0 Å². The van der Waals surface area contributed by atoms with Crippen LogP contribution in [0.5, 0.6) is 0 Å². The first-order valence-electron chi connectivity index (χ1n) is 7.69. The van der Waals surface area contributed by atoms with E-state index in [1.165, 1.54) is 6.07 Å². The predicted molar refractivity (Wildman–Crippen MR) is 80.7 cm³/mol. The van der Waals surface area contributed by atoms with Gasteiger partial charge < -0.3 is 5.11 Å². The van der Waals surface area contributed by atoms with Gasteiger partial charge in [-0.3, -0.25) is 9.69 Å². The zero-order chi connectivity index (χ0) is 15.5. The van der Waals surface area contributed by atoms with Gasteiger partial charge in [0, 0.05) is 12.6 Å². The lowest BCUT2D eigenvalue weighted by atomic mass is 9.82. The highest BCUT2D eigenvalue weighted by molar-refractivity contribution is 5.75. The van der Waals surface area contributed by atoms with Crippen molar-refractivity contribution in [3.05, 3.63) is 35.6 Å². The molecule has 0 bridgehead atoms. The molecule has 2 unspecified atom stereocenters. The summed E-state index contributed by atoms with van der Waals surface area (Å²) in [5.41, 5.74) is 0.371. The quantitative estimate of drug-likeness (QED) is 0.874. The Balaban J connectivity index is 2.01. The summed E-state index contributed by atoms with van der Waals surface area (Å²) in [6.07, 6.45) is 3.08. The highest BCUT2D eigenvalue weighted by atomic mass is 19.1. The molecule has 1 saturated heterocycles. The molecule has 0 amide bonds. The second kappa shape index (κ2) is 6.56. The number of carboxylic acid groups (broad SMARTS) is 1. The van der Waals surface area contributed by atoms with E-state index in [1.54, 1.807) is 12.1 Å². The van der Waals surface area contributed by atoms with Gasteiger partial charge in [-0.05, 0) is 50.4 Å². The second-order valence-corrected chi connectivity index (χ2v) is 6.24. The van der Waals surface area contributed by atoms with E-state index in [0.29, 0.717) is 13.0 Å². The lowest BCUT2D eigenvalue weighted by molar-refractivity contribution is -0.148. The summed E-state index contributed by atoms with van der Waals surface area (Å²) in [6.45, 7) is 5.54. The molecule has 21 heavy (non-hydrogen) atoms. The highest BCUT2D eigenvalue weighted by Gasteiger charge is 2.44. The smallest absolute Gasteiger partial charge is 0.310 e. The van der Waals surface area contributed by atoms with Gasteiger partial charge in [-0.15, -0.1) is 0 Å². The first kappa shape index (κ1) is 16.0. The van der Waals surface area contributed by atoms with Gasteiger partial charge >= 0.3 is 5.97 Å². The van der Waals surface area contributed by atoms with E-state index in [-0.39, 0.29) is 11.9 Å². The molecule has 116 valence electrons. The third-order valence-corrected chi connectivity index (χ3v) is 4.61. The number of hydrogen-bond donors (Lipinski definition) is 1. The topological polar surface area (TPSA) is 40.5 Å². The van der Waals surface area contributed by atoms with Crippen LogP contribution in [0.15, 0.2) is 24.3 Å². The van der Waals surface area contributed by atoms with E-state index in [4.69, 9.17) is 0 Å². The van der Waals surface area contributed by atoms with Crippen LogP contribution in [0.25, 0.3) is 0 Å². The molecule has 1 fully saturated rings. The van der Waals surface area contributed by atoms with E-state index in [2.05, 4.69) is 11.8 Å². The predicted octanol–water partition coefficient (Wildman–Crippen LogP) is 3.33. The zero-order valence-corrected chi connectivity index (χ0v) is 12.8. The van der Waals surface area contributed by atoms with Gasteiger partial charge in [-0.25, -0.2) is 4.39 Å². The van der Waals surface area contributed by atoms with Crippen LogP contribution in [0.1, 0.15) is 38.7 Å². The van der Waals surface area contributed by atoms with Crippen molar-refractivity contribution in [3.63, 3.8) is 0 Å². The molecular formula is C17H24FNO2. The molecule has 1 heterocycles. The van der Waals surface area contributed by atoms with Crippen LogP contribution in [0.2, 0.25) is 0 Å². The summed E-state index contributed by atoms with van der Waals surface area (Å²) in [4.78, 5) is 13.8. The van der Waals surface area contributed by atoms with Crippen molar-refractivity contribution < 1.29 is 14.3 Å². The number of likely N-dealkylation sites (tertiary alicyclic amines) is 1. The average molecular weight is 293 g/mol. The van der Waals surface area contributed by atoms with Crippen molar-refractivity contribution >= 4 is 5.97 Å². The van der Waals surface area contributed by atoms with E-state index in [9.17, 15) is 14.3 Å². The molecule has 0 aromatic heterocycles. The minimum Gasteiger partial charge on any atom is -0.481 e. The molecular weight excluding hydrogens is 269 g/mol. The lowest BCUT2D eigenvalue weighted by Gasteiger charge is -2.28. The SMILES string of the molecule is CCCC1(C(=O)O)CCN(C(C)Cc2cccc(F)c2)C1. The van der Waals surface area contributed by atoms with Crippen LogP contribution in [0, 0.1) is 11.2 Å². The van der Waals surface area contributed by atoms with Crippen molar-refractivity contribution in [1.29, 1.82) is 0 Å². The van der Waals surface area contributed by atoms with Gasteiger partial charge in [-0.2, -0.15) is 0 Å². The Hall–Kier alpha value is -1.42. The largest absolute Gasteiger partial charge is 0.481 e. The first-order chi connectivity index (χ1) is 9.97. The number of aliphatic carboxylic acids is 1.